The second-order valence-corrected chi connectivity index (χ2v) is 8.70. The maximum atomic E-state index is 12.9. The Kier molecular flexibility index (Phi) is 5.43. The number of nitrogens with one attached hydrogen (secondary N) is 1. The highest BCUT2D eigenvalue weighted by molar-refractivity contribution is 9.10. The van der Waals surface area contributed by atoms with Gasteiger partial charge in [0.1, 0.15) is 11.2 Å². The fourth-order valence-electron chi connectivity index (χ4n) is 3.02. The Morgan fingerprint density at radius 1 is 1.25 bits per heavy atom. The van der Waals surface area contributed by atoms with Crippen molar-refractivity contribution < 1.29 is 4.79 Å². The van der Waals surface area contributed by atoms with Crippen molar-refractivity contribution in [3.63, 3.8) is 0 Å². The van der Waals surface area contributed by atoms with Gasteiger partial charge in [-0.2, -0.15) is 5.10 Å². The fraction of sp³-hybridized carbons (Fsp3) is 0.400. The zero-order valence-corrected chi connectivity index (χ0v) is 18.3. The molecule has 1 aromatic carbocycles. The monoisotopic (exact) mass is 445 g/mol. The molecule has 0 atom stereocenters. The number of aryl methyl sites for hydroxylation is 2. The van der Waals surface area contributed by atoms with Gasteiger partial charge < -0.3 is 5.32 Å². The molecule has 0 bridgehead atoms. The lowest BCUT2D eigenvalue weighted by atomic mass is 10.1. The lowest BCUT2D eigenvalue weighted by Crippen LogP contribution is -2.28. The molecule has 8 heteroatoms. The van der Waals surface area contributed by atoms with Gasteiger partial charge in [0.25, 0.3) is 5.56 Å². The number of carbonyl (C=O) groups excluding carboxylic acids is 1. The first-order chi connectivity index (χ1) is 13.1. The second kappa shape index (κ2) is 7.50. The zero-order chi connectivity index (χ0) is 20.6. The van der Waals surface area contributed by atoms with Gasteiger partial charge in [-0.1, -0.05) is 15.9 Å². The number of anilines is 1. The molecule has 0 saturated heterocycles. The van der Waals surface area contributed by atoms with Gasteiger partial charge in [0.05, 0.1) is 11.7 Å². The maximum absolute atomic E-state index is 12.9. The van der Waals surface area contributed by atoms with E-state index in [0.717, 1.165) is 15.7 Å². The van der Waals surface area contributed by atoms with Gasteiger partial charge in [-0.15, -0.1) is 0 Å². The summed E-state index contributed by atoms with van der Waals surface area (Å²) in [6.45, 7) is 10.0. The van der Waals surface area contributed by atoms with E-state index >= 15 is 0 Å². The molecule has 0 unspecified atom stereocenters. The molecule has 0 fully saturated rings. The number of aromatic nitrogens is 4. The van der Waals surface area contributed by atoms with E-state index in [2.05, 4.69) is 31.3 Å². The Balaban J connectivity index is 1.80. The van der Waals surface area contributed by atoms with Gasteiger partial charge >= 0.3 is 0 Å². The molecule has 148 valence electrons. The molecule has 0 aliphatic heterocycles. The number of benzene rings is 1. The van der Waals surface area contributed by atoms with Crippen molar-refractivity contribution in [3.05, 3.63) is 50.6 Å². The minimum absolute atomic E-state index is 0.154. The summed E-state index contributed by atoms with van der Waals surface area (Å²) >= 11 is 3.44. The van der Waals surface area contributed by atoms with Crippen LogP contribution >= 0.6 is 15.9 Å². The van der Waals surface area contributed by atoms with Crippen LogP contribution in [0.5, 0.6) is 0 Å². The van der Waals surface area contributed by atoms with Crippen molar-refractivity contribution in [1.82, 2.24) is 19.3 Å². The lowest BCUT2D eigenvalue weighted by Gasteiger charge is -2.20. The van der Waals surface area contributed by atoms with Crippen LogP contribution in [0.15, 0.2) is 33.7 Å². The Morgan fingerprint density at radius 3 is 2.61 bits per heavy atom. The fourth-order valence-corrected chi connectivity index (χ4v) is 3.27. The maximum Gasteiger partial charge on any atom is 0.264 e. The van der Waals surface area contributed by atoms with E-state index in [4.69, 9.17) is 0 Å². The molecule has 1 amide bonds. The van der Waals surface area contributed by atoms with E-state index in [-0.39, 0.29) is 30.0 Å². The van der Waals surface area contributed by atoms with E-state index in [1.54, 1.807) is 17.8 Å². The summed E-state index contributed by atoms with van der Waals surface area (Å²) in [6, 6.07) is 5.62. The molecule has 2 aromatic heterocycles. The first-order valence-corrected chi connectivity index (χ1v) is 9.89. The number of carbonyl (C=O) groups is 1. The molecule has 0 spiro atoms. The van der Waals surface area contributed by atoms with Crippen LogP contribution in [0, 0.1) is 13.8 Å². The molecule has 7 nitrogen and oxygen atoms in total. The number of hydrogen-bond donors (Lipinski definition) is 1. The van der Waals surface area contributed by atoms with Crippen molar-refractivity contribution >= 4 is 38.6 Å². The van der Waals surface area contributed by atoms with Crippen molar-refractivity contribution in [1.29, 1.82) is 0 Å². The Bertz CT molecular complexity index is 1110. The third-order valence-electron chi connectivity index (χ3n) is 4.52. The number of halogens is 1. The highest BCUT2D eigenvalue weighted by atomic mass is 79.9. The lowest BCUT2D eigenvalue weighted by molar-refractivity contribution is -0.116. The van der Waals surface area contributed by atoms with E-state index in [1.807, 2.05) is 45.9 Å². The van der Waals surface area contributed by atoms with Crippen LogP contribution in [0.4, 0.5) is 5.69 Å². The summed E-state index contributed by atoms with van der Waals surface area (Å²) < 4.78 is 4.27. The molecule has 1 N–H and O–H groups in total. The smallest absolute Gasteiger partial charge is 0.264 e. The van der Waals surface area contributed by atoms with E-state index in [0.29, 0.717) is 16.9 Å². The van der Waals surface area contributed by atoms with Crippen LogP contribution in [-0.2, 0) is 16.9 Å². The van der Waals surface area contributed by atoms with Crippen molar-refractivity contribution in [2.75, 3.05) is 5.32 Å². The van der Waals surface area contributed by atoms with Gasteiger partial charge in [0.15, 0.2) is 5.65 Å². The van der Waals surface area contributed by atoms with E-state index in [1.165, 1.54) is 4.57 Å². The highest BCUT2D eigenvalue weighted by Gasteiger charge is 2.21. The minimum atomic E-state index is -0.275. The molecule has 0 saturated carbocycles. The quantitative estimate of drug-likeness (QED) is 0.662. The highest BCUT2D eigenvalue weighted by Crippen LogP contribution is 2.20. The first kappa shape index (κ1) is 20.3. The molecule has 3 aromatic rings. The Morgan fingerprint density at radius 2 is 1.96 bits per heavy atom. The summed E-state index contributed by atoms with van der Waals surface area (Å²) in [4.78, 5) is 29.8. The van der Waals surface area contributed by atoms with E-state index < -0.39 is 0 Å². The predicted octanol–water partition coefficient (Wildman–Crippen LogP) is 3.76. The van der Waals surface area contributed by atoms with E-state index in [9.17, 15) is 9.59 Å². The average molecular weight is 446 g/mol. The van der Waals surface area contributed by atoms with Crippen LogP contribution < -0.4 is 10.9 Å². The van der Waals surface area contributed by atoms with Crippen LogP contribution in [-0.4, -0.2) is 25.2 Å². The number of fused-ring (bicyclic) bond motifs is 1. The average Bonchev–Trinajstić information content (AvgIpc) is 3.02. The summed E-state index contributed by atoms with van der Waals surface area (Å²) in [6.07, 6.45) is 1.73. The first-order valence-electron chi connectivity index (χ1n) is 9.09. The SMILES string of the molecule is Cc1cc(NC(=O)CCn2c(C)nc3c(cnn3C(C)(C)C)c2=O)ccc1Br. The topological polar surface area (TPSA) is 81.8 Å². The Labute approximate surface area is 171 Å². The minimum Gasteiger partial charge on any atom is -0.326 e. The summed E-state index contributed by atoms with van der Waals surface area (Å²) in [5.41, 5.74) is 1.89. The van der Waals surface area contributed by atoms with Crippen molar-refractivity contribution in [2.24, 2.45) is 0 Å². The largest absolute Gasteiger partial charge is 0.326 e. The van der Waals surface area contributed by atoms with Crippen LogP contribution in [0.25, 0.3) is 11.0 Å². The molecule has 2 heterocycles. The van der Waals surface area contributed by atoms with Crippen molar-refractivity contribution in [2.45, 2.75) is 53.1 Å². The van der Waals surface area contributed by atoms with Gasteiger partial charge in [0.2, 0.25) is 5.91 Å². The molecule has 0 radical (unpaired) electrons. The molecular weight excluding hydrogens is 422 g/mol. The van der Waals surface area contributed by atoms with Crippen LogP contribution in [0.2, 0.25) is 0 Å². The standard InChI is InChI=1S/C20H24BrN5O2/c1-12-10-14(6-7-16(12)21)24-17(27)8-9-25-13(2)23-18-15(19(25)28)11-22-26(18)20(3,4)5/h6-7,10-11H,8-9H2,1-5H3,(H,24,27). The van der Waals surface area contributed by atoms with Gasteiger partial charge in [0, 0.05) is 23.1 Å². The van der Waals surface area contributed by atoms with Crippen LogP contribution in [0.1, 0.15) is 38.6 Å². The summed E-state index contributed by atoms with van der Waals surface area (Å²) in [7, 11) is 0. The third kappa shape index (κ3) is 4.01. The van der Waals surface area contributed by atoms with Gasteiger partial charge in [-0.05, 0) is 58.4 Å². The third-order valence-corrected chi connectivity index (χ3v) is 5.41. The number of rotatable bonds is 4. The van der Waals surface area contributed by atoms with Gasteiger partial charge in [-0.3, -0.25) is 14.2 Å². The molecule has 28 heavy (non-hydrogen) atoms. The van der Waals surface area contributed by atoms with Crippen molar-refractivity contribution in [3.8, 4) is 0 Å². The second-order valence-electron chi connectivity index (χ2n) is 7.84. The normalized spacial score (nSPS) is 11.8. The predicted molar refractivity (Wildman–Crippen MR) is 114 cm³/mol. The molecule has 0 aliphatic rings. The number of hydrogen-bond acceptors (Lipinski definition) is 4. The number of nitrogens with zero attached hydrogens (tertiary/aromatic N) is 4. The Hall–Kier alpha value is -2.48. The van der Waals surface area contributed by atoms with Crippen LogP contribution in [0.3, 0.4) is 0 Å². The summed E-state index contributed by atoms with van der Waals surface area (Å²) in [5, 5.41) is 7.66. The molecular formula is C20H24BrN5O2. The number of amides is 1. The molecule has 0 aliphatic carbocycles. The zero-order valence-electron chi connectivity index (χ0n) is 16.7. The van der Waals surface area contributed by atoms with Gasteiger partial charge in [-0.25, -0.2) is 9.67 Å². The molecule has 3 rings (SSSR count). The summed E-state index contributed by atoms with van der Waals surface area (Å²) in [5.74, 6) is 0.411.